The molecule has 3 aromatic rings. The number of nitrogens with one attached hydrogen (secondary N) is 1. The first-order valence-corrected chi connectivity index (χ1v) is 7.68. The lowest BCUT2D eigenvalue weighted by atomic mass is 10.1. The summed E-state index contributed by atoms with van der Waals surface area (Å²) in [6.07, 6.45) is 0. The first-order valence-electron chi connectivity index (χ1n) is 6.50. The molecule has 21 heavy (non-hydrogen) atoms. The Bertz CT molecular complexity index is 833. The molecule has 0 aliphatic carbocycles. The molecule has 0 atom stereocenters. The first kappa shape index (κ1) is 14.3. The SMILES string of the molecule is CNc1nc(-c2ccc(Br)cc2Cl)nc2c(C)cccc12. The Morgan fingerprint density at radius 3 is 2.67 bits per heavy atom. The van der Waals surface area contributed by atoms with E-state index in [4.69, 9.17) is 16.6 Å². The van der Waals surface area contributed by atoms with Crippen LogP contribution in [0.3, 0.4) is 0 Å². The van der Waals surface area contributed by atoms with E-state index in [2.05, 4.69) is 26.2 Å². The molecule has 0 aliphatic heterocycles. The molecule has 0 saturated heterocycles. The highest BCUT2D eigenvalue weighted by atomic mass is 79.9. The Balaban J connectivity index is 2.31. The minimum Gasteiger partial charge on any atom is -0.373 e. The molecule has 0 fully saturated rings. The van der Waals surface area contributed by atoms with Crippen LogP contribution in [-0.2, 0) is 0 Å². The minimum atomic E-state index is 0.624. The lowest BCUT2D eigenvalue weighted by Crippen LogP contribution is -2.00. The predicted molar refractivity (Wildman–Crippen MR) is 92.0 cm³/mol. The van der Waals surface area contributed by atoms with Gasteiger partial charge < -0.3 is 5.32 Å². The summed E-state index contributed by atoms with van der Waals surface area (Å²) in [7, 11) is 1.86. The van der Waals surface area contributed by atoms with Crippen molar-refractivity contribution < 1.29 is 0 Å². The van der Waals surface area contributed by atoms with E-state index in [9.17, 15) is 0 Å². The zero-order chi connectivity index (χ0) is 15.0. The third-order valence-corrected chi connectivity index (χ3v) is 4.14. The number of halogens is 2. The summed E-state index contributed by atoms with van der Waals surface area (Å²) in [6.45, 7) is 2.04. The highest BCUT2D eigenvalue weighted by molar-refractivity contribution is 9.10. The van der Waals surface area contributed by atoms with Gasteiger partial charge in [0.05, 0.1) is 10.5 Å². The first-order chi connectivity index (χ1) is 10.1. The fourth-order valence-electron chi connectivity index (χ4n) is 2.28. The molecule has 1 N–H and O–H groups in total. The van der Waals surface area contributed by atoms with E-state index < -0.39 is 0 Å². The maximum absolute atomic E-state index is 6.32. The van der Waals surface area contributed by atoms with Crippen molar-refractivity contribution in [3.05, 3.63) is 51.5 Å². The van der Waals surface area contributed by atoms with Crippen molar-refractivity contribution >= 4 is 44.3 Å². The molecule has 0 unspecified atom stereocenters. The number of anilines is 1. The number of nitrogens with zero attached hydrogens (tertiary/aromatic N) is 2. The van der Waals surface area contributed by atoms with Crippen molar-refractivity contribution in [1.29, 1.82) is 0 Å². The molecule has 0 saturated carbocycles. The number of fused-ring (bicyclic) bond motifs is 1. The third-order valence-electron chi connectivity index (χ3n) is 3.34. The molecule has 2 aromatic carbocycles. The minimum absolute atomic E-state index is 0.624. The molecule has 5 heteroatoms. The Labute approximate surface area is 136 Å². The Morgan fingerprint density at radius 1 is 1.14 bits per heavy atom. The van der Waals surface area contributed by atoms with Crippen LogP contribution in [0.1, 0.15) is 5.56 Å². The van der Waals surface area contributed by atoms with Crippen LogP contribution in [0.4, 0.5) is 5.82 Å². The van der Waals surface area contributed by atoms with E-state index >= 15 is 0 Å². The van der Waals surface area contributed by atoms with Gasteiger partial charge in [-0.15, -0.1) is 0 Å². The summed E-state index contributed by atoms with van der Waals surface area (Å²) in [5.74, 6) is 1.43. The average Bonchev–Trinajstić information content (AvgIpc) is 2.47. The fraction of sp³-hybridized carbons (Fsp3) is 0.125. The zero-order valence-corrected chi connectivity index (χ0v) is 14.0. The maximum Gasteiger partial charge on any atom is 0.163 e. The second kappa shape index (κ2) is 5.62. The third kappa shape index (κ3) is 2.61. The van der Waals surface area contributed by atoms with Gasteiger partial charge in [0.25, 0.3) is 0 Å². The van der Waals surface area contributed by atoms with Crippen molar-refractivity contribution in [2.75, 3.05) is 12.4 Å². The number of aromatic nitrogens is 2. The molecule has 3 rings (SSSR count). The molecular formula is C16H13BrClN3. The topological polar surface area (TPSA) is 37.8 Å². The van der Waals surface area contributed by atoms with E-state index in [0.717, 1.165) is 32.3 Å². The van der Waals surface area contributed by atoms with Gasteiger partial charge in [-0.25, -0.2) is 9.97 Å². The largest absolute Gasteiger partial charge is 0.373 e. The average molecular weight is 363 g/mol. The van der Waals surface area contributed by atoms with Crippen molar-refractivity contribution in [3.8, 4) is 11.4 Å². The van der Waals surface area contributed by atoms with Crippen LogP contribution >= 0.6 is 27.5 Å². The van der Waals surface area contributed by atoms with Crippen LogP contribution in [-0.4, -0.2) is 17.0 Å². The molecule has 0 radical (unpaired) electrons. The Morgan fingerprint density at radius 2 is 1.95 bits per heavy atom. The van der Waals surface area contributed by atoms with Crippen molar-refractivity contribution in [2.24, 2.45) is 0 Å². The van der Waals surface area contributed by atoms with Gasteiger partial charge >= 0.3 is 0 Å². The van der Waals surface area contributed by atoms with Crippen LogP contribution in [0.2, 0.25) is 5.02 Å². The summed E-state index contributed by atoms with van der Waals surface area (Å²) in [6, 6.07) is 11.8. The van der Waals surface area contributed by atoms with Gasteiger partial charge in [-0.2, -0.15) is 0 Å². The molecule has 3 nitrogen and oxygen atoms in total. The van der Waals surface area contributed by atoms with Crippen molar-refractivity contribution in [2.45, 2.75) is 6.92 Å². The quantitative estimate of drug-likeness (QED) is 0.692. The van der Waals surface area contributed by atoms with Crippen LogP contribution in [0.5, 0.6) is 0 Å². The van der Waals surface area contributed by atoms with Crippen molar-refractivity contribution in [1.82, 2.24) is 9.97 Å². The van der Waals surface area contributed by atoms with E-state index in [0.29, 0.717) is 10.8 Å². The number of hydrogen-bond donors (Lipinski definition) is 1. The number of aryl methyl sites for hydroxylation is 1. The summed E-state index contributed by atoms with van der Waals surface area (Å²) in [5.41, 5.74) is 2.87. The van der Waals surface area contributed by atoms with E-state index in [1.807, 2.05) is 50.4 Å². The molecule has 0 amide bonds. The van der Waals surface area contributed by atoms with Crippen LogP contribution in [0.15, 0.2) is 40.9 Å². The number of para-hydroxylation sites is 1. The van der Waals surface area contributed by atoms with Gasteiger partial charge in [0.1, 0.15) is 5.82 Å². The number of benzene rings is 2. The molecular weight excluding hydrogens is 350 g/mol. The number of hydrogen-bond acceptors (Lipinski definition) is 3. The molecule has 0 bridgehead atoms. The Hall–Kier alpha value is -1.65. The van der Waals surface area contributed by atoms with E-state index in [-0.39, 0.29) is 0 Å². The molecule has 0 aliphatic rings. The highest BCUT2D eigenvalue weighted by Gasteiger charge is 2.12. The van der Waals surface area contributed by atoms with Crippen LogP contribution in [0, 0.1) is 6.92 Å². The standard InChI is InChI=1S/C16H13BrClN3/c1-9-4-3-5-12-14(9)20-16(21-15(12)19-2)11-7-6-10(17)8-13(11)18/h3-8H,1-2H3,(H,19,20,21). The summed E-state index contributed by atoms with van der Waals surface area (Å²) in [5, 5.41) is 4.77. The number of rotatable bonds is 2. The van der Waals surface area contributed by atoms with Crippen molar-refractivity contribution in [3.63, 3.8) is 0 Å². The molecule has 0 spiro atoms. The summed E-state index contributed by atoms with van der Waals surface area (Å²) < 4.78 is 0.932. The maximum atomic E-state index is 6.32. The second-order valence-electron chi connectivity index (χ2n) is 4.74. The smallest absolute Gasteiger partial charge is 0.163 e. The summed E-state index contributed by atoms with van der Waals surface area (Å²) >= 11 is 9.73. The summed E-state index contributed by atoms with van der Waals surface area (Å²) in [4.78, 5) is 9.29. The Kier molecular flexibility index (Phi) is 3.83. The predicted octanol–water partition coefficient (Wildman–Crippen LogP) is 5.06. The van der Waals surface area contributed by atoms with Gasteiger partial charge in [-0.05, 0) is 36.8 Å². The lowest BCUT2D eigenvalue weighted by molar-refractivity contribution is 1.20. The molecule has 1 heterocycles. The van der Waals surface area contributed by atoms with Crippen LogP contribution in [0.25, 0.3) is 22.3 Å². The fourth-order valence-corrected chi connectivity index (χ4v) is 3.04. The normalized spacial score (nSPS) is 10.9. The van der Waals surface area contributed by atoms with Gasteiger partial charge in [0.2, 0.25) is 0 Å². The monoisotopic (exact) mass is 361 g/mol. The van der Waals surface area contributed by atoms with Gasteiger partial charge in [-0.1, -0.05) is 39.7 Å². The van der Waals surface area contributed by atoms with Gasteiger partial charge in [-0.3, -0.25) is 0 Å². The molecule has 1 aromatic heterocycles. The van der Waals surface area contributed by atoms with Gasteiger partial charge in [0, 0.05) is 22.5 Å². The van der Waals surface area contributed by atoms with E-state index in [1.54, 1.807) is 0 Å². The van der Waals surface area contributed by atoms with E-state index in [1.165, 1.54) is 0 Å². The zero-order valence-electron chi connectivity index (χ0n) is 11.6. The van der Waals surface area contributed by atoms with Gasteiger partial charge in [0.15, 0.2) is 5.82 Å². The molecule has 106 valence electrons. The highest BCUT2D eigenvalue weighted by Crippen LogP contribution is 2.31. The second-order valence-corrected chi connectivity index (χ2v) is 6.06. The van der Waals surface area contributed by atoms with Crippen LogP contribution < -0.4 is 5.32 Å². The lowest BCUT2D eigenvalue weighted by Gasteiger charge is -2.11.